The number of imide groups is 1. The molecule has 0 aliphatic carbocycles. The van der Waals surface area contributed by atoms with Gasteiger partial charge in [0.25, 0.3) is 5.91 Å². The number of H-pyrrole nitrogens is 1. The Bertz CT molecular complexity index is 1430. The number of fused-ring (bicyclic) bond motifs is 1. The summed E-state index contributed by atoms with van der Waals surface area (Å²) in [5.74, 6) is -0.898. The molecule has 43 heavy (non-hydrogen) atoms. The van der Waals surface area contributed by atoms with Gasteiger partial charge in [0.05, 0.1) is 13.1 Å². The smallest absolute Gasteiger partial charge is 0.252 e. The van der Waals surface area contributed by atoms with Crippen molar-refractivity contribution in [3.8, 4) is 0 Å². The van der Waals surface area contributed by atoms with Crippen LogP contribution in [0, 0.1) is 20.8 Å². The highest BCUT2D eigenvalue weighted by molar-refractivity contribution is 5.99. The van der Waals surface area contributed by atoms with Gasteiger partial charge in [0.15, 0.2) is 0 Å². The molecule has 1 atom stereocenters. The van der Waals surface area contributed by atoms with Crippen LogP contribution in [-0.4, -0.2) is 82.2 Å². The molecule has 0 spiro atoms. The Labute approximate surface area is 255 Å². The quantitative estimate of drug-likeness (QED) is 0.382. The van der Waals surface area contributed by atoms with Gasteiger partial charge < -0.3 is 15.2 Å². The molecule has 2 saturated heterocycles. The van der Waals surface area contributed by atoms with E-state index >= 15 is 0 Å². The van der Waals surface area contributed by atoms with Crippen molar-refractivity contribution in [2.75, 3.05) is 32.7 Å². The van der Waals surface area contributed by atoms with Gasteiger partial charge >= 0.3 is 0 Å². The van der Waals surface area contributed by atoms with Crippen LogP contribution in [0.4, 0.5) is 0 Å². The summed E-state index contributed by atoms with van der Waals surface area (Å²) in [4.78, 5) is 49.8. The van der Waals surface area contributed by atoms with Crippen LogP contribution in [0.25, 0.3) is 10.9 Å². The first-order valence-electron chi connectivity index (χ1n) is 15.9. The third-order valence-electron chi connectivity index (χ3n) is 9.54. The van der Waals surface area contributed by atoms with Crippen molar-refractivity contribution in [3.63, 3.8) is 0 Å². The first-order valence-corrected chi connectivity index (χ1v) is 15.9. The van der Waals surface area contributed by atoms with Crippen LogP contribution in [0.1, 0.15) is 66.8 Å². The van der Waals surface area contributed by atoms with Crippen LogP contribution in [0.5, 0.6) is 0 Å². The zero-order chi connectivity index (χ0) is 30.5. The number of aryl methyl sites for hydroxylation is 2. The van der Waals surface area contributed by atoms with E-state index < -0.39 is 6.04 Å². The van der Waals surface area contributed by atoms with E-state index in [0.29, 0.717) is 12.5 Å². The molecule has 0 saturated carbocycles. The average Bonchev–Trinajstić information content (AvgIpc) is 3.41. The van der Waals surface area contributed by atoms with Gasteiger partial charge in [-0.15, -0.1) is 0 Å². The maximum absolute atomic E-state index is 14.1. The van der Waals surface area contributed by atoms with E-state index in [0.717, 1.165) is 59.1 Å². The predicted molar refractivity (Wildman–Crippen MR) is 171 cm³/mol. The summed E-state index contributed by atoms with van der Waals surface area (Å²) < 4.78 is 0. The number of piperidine rings is 2. The monoisotopic (exact) mass is 585 g/mol. The van der Waals surface area contributed by atoms with Gasteiger partial charge in [0.1, 0.15) is 6.04 Å². The number of amides is 3. The standard InChI is InChI=1S/C35H47N5O3/c1-24-18-28(19-25(2)26(24)3)22-40(27(4)41)35(43)33(20-29-21-36-32-11-7-6-10-31(29)32)37-34(42)23-38-16-12-30(13-17-38)39-14-8-5-9-15-39/h6-7,10-11,18-19,21,30,33,36H,5,8-9,12-17,20,22-23H2,1-4H3,(H,37,42). The fraction of sp³-hybridized carbons (Fsp3) is 0.514. The summed E-state index contributed by atoms with van der Waals surface area (Å²) in [6, 6.07) is 11.7. The van der Waals surface area contributed by atoms with Gasteiger partial charge in [-0.25, -0.2) is 0 Å². The summed E-state index contributed by atoms with van der Waals surface area (Å²) in [5.41, 5.74) is 6.26. The second-order valence-corrected chi connectivity index (χ2v) is 12.6. The fourth-order valence-electron chi connectivity index (χ4n) is 6.82. The van der Waals surface area contributed by atoms with Crippen molar-refractivity contribution in [1.29, 1.82) is 0 Å². The highest BCUT2D eigenvalue weighted by Crippen LogP contribution is 2.23. The van der Waals surface area contributed by atoms with Crippen LogP contribution in [0.15, 0.2) is 42.6 Å². The Morgan fingerprint density at radius 2 is 1.65 bits per heavy atom. The van der Waals surface area contributed by atoms with Gasteiger partial charge in [-0.2, -0.15) is 0 Å². The number of aromatic amines is 1. The SMILES string of the molecule is CC(=O)N(Cc1cc(C)c(C)c(C)c1)C(=O)C(Cc1c[nH]c2ccccc12)NC(=O)CN1CCC(N2CCCCC2)CC1. The Kier molecular flexibility index (Phi) is 9.98. The summed E-state index contributed by atoms with van der Waals surface area (Å²) in [7, 11) is 0. The van der Waals surface area contributed by atoms with Crippen molar-refractivity contribution in [1.82, 2.24) is 25.0 Å². The topological polar surface area (TPSA) is 88.8 Å². The zero-order valence-electron chi connectivity index (χ0n) is 26.2. The molecular weight excluding hydrogens is 538 g/mol. The fourth-order valence-corrected chi connectivity index (χ4v) is 6.82. The number of nitrogens with one attached hydrogen (secondary N) is 2. The molecule has 8 heteroatoms. The zero-order valence-corrected chi connectivity index (χ0v) is 26.2. The minimum atomic E-state index is -0.867. The van der Waals surface area contributed by atoms with Gasteiger partial charge in [0.2, 0.25) is 11.8 Å². The molecule has 8 nitrogen and oxygen atoms in total. The Balaban J connectivity index is 1.30. The molecule has 2 N–H and O–H groups in total. The minimum Gasteiger partial charge on any atom is -0.361 e. The molecule has 0 radical (unpaired) electrons. The van der Waals surface area contributed by atoms with Crippen LogP contribution in [0.3, 0.4) is 0 Å². The van der Waals surface area contributed by atoms with Crippen molar-refractivity contribution in [2.45, 2.75) is 84.8 Å². The number of likely N-dealkylation sites (tertiary alicyclic amines) is 2. The molecule has 3 amide bonds. The highest BCUT2D eigenvalue weighted by Gasteiger charge is 2.31. The van der Waals surface area contributed by atoms with E-state index in [1.807, 2.05) is 56.4 Å². The molecule has 3 aromatic rings. The number of para-hydroxylation sites is 1. The van der Waals surface area contributed by atoms with Gasteiger partial charge in [-0.3, -0.25) is 24.2 Å². The molecule has 0 bridgehead atoms. The lowest BCUT2D eigenvalue weighted by molar-refractivity contribution is -0.147. The molecule has 5 rings (SSSR count). The second-order valence-electron chi connectivity index (χ2n) is 12.6. The van der Waals surface area contributed by atoms with Crippen LogP contribution in [0.2, 0.25) is 0 Å². The summed E-state index contributed by atoms with van der Waals surface area (Å²) >= 11 is 0. The normalized spacial score (nSPS) is 17.6. The van der Waals surface area contributed by atoms with E-state index in [-0.39, 0.29) is 30.8 Å². The predicted octanol–water partition coefficient (Wildman–Crippen LogP) is 4.65. The molecule has 2 aliphatic rings. The number of benzene rings is 2. The second kappa shape index (κ2) is 13.9. The average molecular weight is 586 g/mol. The number of aromatic nitrogens is 1. The van der Waals surface area contributed by atoms with E-state index in [4.69, 9.17) is 0 Å². The number of carbonyl (C=O) groups is 3. The summed E-state index contributed by atoms with van der Waals surface area (Å²) in [6.07, 6.45) is 8.23. The lowest BCUT2D eigenvalue weighted by Gasteiger charge is -2.40. The molecule has 2 fully saturated rings. The van der Waals surface area contributed by atoms with Crippen molar-refractivity contribution in [2.24, 2.45) is 0 Å². The molecule has 2 aliphatic heterocycles. The molecular formula is C35H47N5O3. The van der Waals surface area contributed by atoms with Crippen LogP contribution < -0.4 is 5.32 Å². The largest absolute Gasteiger partial charge is 0.361 e. The van der Waals surface area contributed by atoms with E-state index in [1.54, 1.807) is 0 Å². The Morgan fingerprint density at radius 3 is 2.33 bits per heavy atom. The van der Waals surface area contributed by atoms with Crippen LogP contribution in [-0.2, 0) is 27.3 Å². The molecule has 3 heterocycles. The minimum absolute atomic E-state index is 0.167. The Hall–Kier alpha value is -3.49. The van der Waals surface area contributed by atoms with Gasteiger partial charge in [-0.05, 0) is 93.4 Å². The summed E-state index contributed by atoms with van der Waals surface area (Å²) in [5, 5.41) is 4.05. The summed E-state index contributed by atoms with van der Waals surface area (Å²) in [6.45, 7) is 12.1. The van der Waals surface area contributed by atoms with Crippen molar-refractivity contribution in [3.05, 3.63) is 70.4 Å². The third-order valence-corrected chi connectivity index (χ3v) is 9.54. The first kappa shape index (κ1) is 31.0. The highest BCUT2D eigenvalue weighted by atomic mass is 16.2. The number of rotatable bonds is 9. The maximum atomic E-state index is 14.1. The lowest BCUT2D eigenvalue weighted by Crippen LogP contribution is -2.54. The molecule has 1 unspecified atom stereocenters. The molecule has 230 valence electrons. The van der Waals surface area contributed by atoms with Gasteiger partial charge in [0, 0.05) is 49.6 Å². The van der Waals surface area contributed by atoms with Crippen LogP contribution >= 0.6 is 0 Å². The number of nitrogens with zero attached hydrogens (tertiary/aromatic N) is 3. The Morgan fingerprint density at radius 1 is 0.977 bits per heavy atom. The lowest BCUT2D eigenvalue weighted by atomic mass is 9.99. The first-order chi connectivity index (χ1) is 20.7. The number of hydrogen-bond donors (Lipinski definition) is 2. The van der Waals surface area contributed by atoms with E-state index in [1.165, 1.54) is 49.7 Å². The maximum Gasteiger partial charge on any atom is 0.252 e. The number of hydrogen-bond acceptors (Lipinski definition) is 5. The van der Waals surface area contributed by atoms with Gasteiger partial charge in [-0.1, -0.05) is 36.8 Å². The van der Waals surface area contributed by atoms with E-state index in [2.05, 4.69) is 27.0 Å². The van der Waals surface area contributed by atoms with Crippen molar-refractivity contribution >= 4 is 28.6 Å². The third kappa shape index (κ3) is 7.54. The van der Waals surface area contributed by atoms with Crippen molar-refractivity contribution < 1.29 is 14.4 Å². The molecule has 1 aromatic heterocycles. The number of carbonyl (C=O) groups excluding carboxylic acids is 3. The molecule has 2 aromatic carbocycles. The van der Waals surface area contributed by atoms with E-state index in [9.17, 15) is 14.4 Å².